The molecular weight excluding hydrogens is 480 g/mol. The summed E-state index contributed by atoms with van der Waals surface area (Å²) in [4.78, 5) is 11.6. The van der Waals surface area contributed by atoms with E-state index in [1.165, 1.54) is 167 Å². The second-order valence-electron chi connectivity index (χ2n) is 12.8. The number of epoxide rings is 1. The van der Waals surface area contributed by atoms with Gasteiger partial charge in [0.2, 0.25) is 0 Å². The third-order valence-corrected chi connectivity index (χ3v) is 8.96. The Morgan fingerprint density at radius 1 is 0.538 bits per heavy atom. The summed E-state index contributed by atoms with van der Waals surface area (Å²) in [5.41, 5.74) is 0.901. The first-order chi connectivity index (χ1) is 19.2. The molecule has 0 aromatic heterocycles. The topological polar surface area (TPSA) is 38.8 Å². The molecule has 0 aliphatic carbocycles. The van der Waals surface area contributed by atoms with E-state index in [1.807, 2.05) is 13.0 Å². The van der Waals surface area contributed by atoms with Crippen molar-refractivity contribution in [1.29, 1.82) is 0 Å². The number of unbranched alkanes of at least 4 members (excludes halogenated alkanes) is 23. The summed E-state index contributed by atoms with van der Waals surface area (Å²) >= 11 is 0. The zero-order valence-corrected chi connectivity index (χ0v) is 26.3. The minimum atomic E-state index is -0.0895. The van der Waals surface area contributed by atoms with Crippen LogP contribution in [0.4, 0.5) is 0 Å². The Morgan fingerprint density at radius 2 is 0.897 bits per heavy atom. The van der Waals surface area contributed by atoms with Crippen LogP contribution in [0.3, 0.4) is 0 Å². The number of carbonyl (C=O) groups is 1. The lowest BCUT2D eigenvalue weighted by Gasteiger charge is -2.04. The Labute approximate surface area is 243 Å². The summed E-state index contributed by atoms with van der Waals surface area (Å²) in [7, 11) is 0. The summed E-state index contributed by atoms with van der Waals surface area (Å²) in [6.45, 7) is 4.23. The molecule has 39 heavy (non-hydrogen) atoms. The van der Waals surface area contributed by atoms with E-state index in [0.717, 1.165) is 18.4 Å². The molecule has 0 aromatic carbocycles. The maximum absolute atomic E-state index is 11.6. The second kappa shape index (κ2) is 23.8. The van der Waals surface area contributed by atoms with E-state index >= 15 is 0 Å². The molecule has 0 N–H and O–H groups in total. The standard InChI is InChI=1S/C36H66O3/c1-3-4-5-6-7-8-9-14-17-20-23-26-29-34-35(39-34)30-27-24-21-18-15-12-10-11-13-16-19-22-25-28-33-31-32(2)38-36(33)37/h31-32,34-35H,3-30H2,1-2H3. The molecule has 3 atom stereocenters. The first kappa shape index (κ1) is 34.4. The second-order valence-corrected chi connectivity index (χ2v) is 12.8. The summed E-state index contributed by atoms with van der Waals surface area (Å²) in [6, 6.07) is 0. The van der Waals surface area contributed by atoms with E-state index in [2.05, 4.69) is 6.92 Å². The van der Waals surface area contributed by atoms with Gasteiger partial charge in [0.25, 0.3) is 0 Å². The van der Waals surface area contributed by atoms with Crippen LogP contribution in [-0.2, 0) is 14.3 Å². The molecule has 1 fully saturated rings. The predicted molar refractivity (Wildman–Crippen MR) is 167 cm³/mol. The Bertz CT molecular complexity index is 612. The molecule has 3 nitrogen and oxygen atoms in total. The fraction of sp³-hybridized carbons (Fsp3) is 0.917. The van der Waals surface area contributed by atoms with Crippen LogP contribution in [0.1, 0.15) is 194 Å². The average Bonchev–Trinajstić information content (AvgIpc) is 3.59. The van der Waals surface area contributed by atoms with Crippen LogP contribution < -0.4 is 0 Å². The van der Waals surface area contributed by atoms with Crippen molar-refractivity contribution in [3.63, 3.8) is 0 Å². The molecule has 2 aliphatic heterocycles. The average molecular weight is 547 g/mol. The van der Waals surface area contributed by atoms with Gasteiger partial charge in [0.15, 0.2) is 0 Å². The van der Waals surface area contributed by atoms with Crippen molar-refractivity contribution in [2.45, 2.75) is 212 Å². The molecule has 228 valence electrons. The Morgan fingerprint density at radius 3 is 1.26 bits per heavy atom. The van der Waals surface area contributed by atoms with Crippen LogP contribution >= 0.6 is 0 Å². The van der Waals surface area contributed by atoms with Crippen LogP contribution in [0.15, 0.2) is 11.6 Å². The van der Waals surface area contributed by atoms with Gasteiger partial charge in [-0.05, 0) is 38.7 Å². The maximum Gasteiger partial charge on any atom is 0.334 e. The van der Waals surface area contributed by atoms with Crippen molar-refractivity contribution in [2.24, 2.45) is 0 Å². The Kier molecular flexibility index (Phi) is 21.0. The number of hydrogen-bond donors (Lipinski definition) is 0. The molecule has 0 amide bonds. The van der Waals surface area contributed by atoms with Crippen LogP contribution in [0, 0.1) is 0 Å². The van der Waals surface area contributed by atoms with Crippen LogP contribution in [-0.4, -0.2) is 24.3 Å². The number of esters is 1. The first-order valence-corrected chi connectivity index (χ1v) is 17.8. The predicted octanol–water partition coefficient (Wildman–Crippen LogP) is 11.6. The summed E-state index contributed by atoms with van der Waals surface area (Å²) in [5.74, 6) is -0.0895. The normalized spacial score (nSPS) is 20.4. The minimum absolute atomic E-state index is 0.0174. The monoisotopic (exact) mass is 547 g/mol. The molecule has 0 bridgehead atoms. The highest BCUT2D eigenvalue weighted by Crippen LogP contribution is 2.32. The third-order valence-electron chi connectivity index (χ3n) is 8.96. The fourth-order valence-electron chi connectivity index (χ4n) is 6.29. The Balaban J connectivity index is 1.20. The van der Waals surface area contributed by atoms with Gasteiger partial charge < -0.3 is 9.47 Å². The fourth-order valence-corrected chi connectivity index (χ4v) is 6.29. The van der Waals surface area contributed by atoms with E-state index in [9.17, 15) is 4.79 Å². The number of rotatable bonds is 29. The minimum Gasteiger partial charge on any atom is -0.455 e. The van der Waals surface area contributed by atoms with Crippen LogP contribution in [0.5, 0.6) is 0 Å². The highest BCUT2D eigenvalue weighted by Gasteiger charge is 2.36. The first-order valence-electron chi connectivity index (χ1n) is 17.8. The van der Waals surface area contributed by atoms with Gasteiger partial charge in [-0.1, -0.05) is 161 Å². The van der Waals surface area contributed by atoms with E-state index in [1.54, 1.807) is 0 Å². The highest BCUT2D eigenvalue weighted by molar-refractivity contribution is 5.90. The van der Waals surface area contributed by atoms with E-state index in [0.29, 0.717) is 12.2 Å². The van der Waals surface area contributed by atoms with Gasteiger partial charge in [-0.15, -0.1) is 0 Å². The molecule has 0 spiro atoms. The quantitative estimate of drug-likeness (QED) is 0.0532. The molecular formula is C36H66O3. The number of hydrogen-bond acceptors (Lipinski definition) is 3. The highest BCUT2D eigenvalue weighted by atomic mass is 16.6. The number of cyclic esters (lactones) is 1. The zero-order chi connectivity index (χ0) is 27.8. The van der Waals surface area contributed by atoms with Crippen molar-refractivity contribution >= 4 is 5.97 Å². The van der Waals surface area contributed by atoms with Crippen molar-refractivity contribution in [3.05, 3.63) is 11.6 Å². The lowest BCUT2D eigenvalue weighted by atomic mass is 10.0. The molecule has 0 aromatic rings. The lowest BCUT2D eigenvalue weighted by molar-refractivity contribution is -0.139. The number of ether oxygens (including phenoxy) is 2. The van der Waals surface area contributed by atoms with E-state index in [-0.39, 0.29) is 12.1 Å². The van der Waals surface area contributed by atoms with E-state index < -0.39 is 0 Å². The number of carbonyl (C=O) groups excluding carboxylic acids is 1. The summed E-state index contributed by atoms with van der Waals surface area (Å²) in [5, 5.41) is 0. The molecule has 2 heterocycles. The SMILES string of the molecule is CCCCCCCCCCCCCCC1OC1CCCCCCCCCCCCCCCC1=CC(C)OC1=O. The van der Waals surface area contributed by atoms with Crippen molar-refractivity contribution in [2.75, 3.05) is 0 Å². The summed E-state index contributed by atoms with van der Waals surface area (Å²) < 4.78 is 11.1. The van der Waals surface area contributed by atoms with Gasteiger partial charge in [0.1, 0.15) is 6.10 Å². The largest absolute Gasteiger partial charge is 0.455 e. The maximum atomic E-state index is 11.6. The van der Waals surface area contributed by atoms with Gasteiger partial charge in [-0.3, -0.25) is 0 Å². The van der Waals surface area contributed by atoms with Gasteiger partial charge in [0, 0.05) is 5.57 Å². The summed E-state index contributed by atoms with van der Waals surface area (Å²) in [6.07, 6.45) is 41.6. The lowest BCUT2D eigenvalue weighted by Crippen LogP contribution is -2.03. The Hall–Kier alpha value is -0.830. The van der Waals surface area contributed by atoms with Crippen LogP contribution in [0.25, 0.3) is 0 Å². The van der Waals surface area contributed by atoms with Crippen molar-refractivity contribution in [3.8, 4) is 0 Å². The van der Waals surface area contributed by atoms with Gasteiger partial charge >= 0.3 is 5.97 Å². The molecule has 1 saturated heterocycles. The molecule has 3 unspecified atom stereocenters. The van der Waals surface area contributed by atoms with Gasteiger partial charge in [-0.2, -0.15) is 0 Å². The van der Waals surface area contributed by atoms with E-state index in [4.69, 9.17) is 9.47 Å². The molecule has 0 radical (unpaired) electrons. The smallest absolute Gasteiger partial charge is 0.334 e. The molecule has 2 aliphatic rings. The third kappa shape index (κ3) is 19.0. The van der Waals surface area contributed by atoms with Crippen molar-refractivity contribution in [1.82, 2.24) is 0 Å². The zero-order valence-electron chi connectivity index (χ0n) is 26.3. The molecule has 0 saturated carbocycles. The van der Waals surface area contributed by atoms with Gasteiger partial charge in [0.05, 0.1) is 12.2 Å². The molecule has 3 heteroatoms. The van der Waals surface area contributed by atoms with Gasteiger partial charge in [-0.25, -0.2) is 4.79 Å². The molecule has 2 rings (SSSR count). The van der Waals surface area contributed by atoms with Crippen molar-refractivity contribution < 1.29 is 14.3 Å². The van der Waals surface area contributed by atoms with Crippen LogP contribution in [0.2, 0.25) is 0 Å².